The van der Waals surface area contributed by atoms with E-state index in [1.807, 2.05) is 4.90 Å². The lowest BCUT2D eigenvalue weighted by molar-refractivity contribution is -0.128. The van der Waals surface area contributed by atoms with E-state index in [0.717, 1.165) is 24.8 Å². The SMILES string of the molecule is CCCCc1ccc(S(=O)(=O)C2CNC(SCC(=O)N3CCN(c4ccccc4F)CC3)NC2=O)cc1. The van der Waals surface area contributed by atoms with E-state index in [9.17, 15) is 22.4 Å². The van der Waals surface area contributed by atoms with Crippen molar-refractivity contribution in [1.82, 2.24) is 15.5 Å². The second kappa shape index (κ2) is 12.3. The number of nitrogens with one attached hydrogen (secondary N) is 2. The number of carbonyl (C=O) groups is 2. The summed E-state index contributed by atoms with van der Waals surface area (Å²) in [5.41, 5.74) is 1.05. The normalized spacial score (nSPS) is 20.5. The average molecular weight is 549 g/mol. The Kier molecular flexibility index (Phi) is 9.09. The second-order valence-electron chi connectivity index (χ2n) is 9.21. The summed E-state index contributed by atoms with van der Waals surface area (Å²) in [6.45, 7) is 4.11. The van der Waals surface area contributed by atoms with E-state index in [4.69, 9.17) is 0 Å². The molecule has 0 bridgehead atoms. The van der Waals surface area contributed by atoms with Gasteiger partial charge in [0, 0.05) is 32.7 Å². The molecule has 2 aliphatic heterocycles. The Morgan fingerprint density at radius 2 is 1.78 bits per heavy atom. The highest BCUT2D eigenvalue weighted by Gasteiger charge is 2.38. The molecular weight excluding hydrogens is 515 g/mol. The Bertz CT molecular complexity index is 1200. The minimum atomic E-state index is -3.84. The summed E-state index contributed by atoms with van der Waals surface area (Å²) in [6.07, 6.45) is 2.98. The molecule has 0 spiro atoms. The zero-order valence-electron chi connectivity index (χ0n) is 20.9. The molecule has 0 radical (unpaired) electrons. The van der Waals surface area contributed by atoms with Crippen molar-refractivity contribution in [1.29, 1.82) is 0 Å². The Morgan fingerprint density at radius 1 is 1.08 bits per heavy atom. The second-order valence-corrected chi connectivity index (χ2v) is 12.4. The fraction of sp³-hybridized carbons (Fsp3) is 0.462. The third-order valence-corrected chi connectivity index (χ3v) is 9.79. The van der Waals surface area contributed by atoms with Gasteiger partial charge >= 0.3 is 0 Å². The molecule has 2 aromatic carbocycles. The summed E-state index contributed by atoms with van der Waals surface area (Å²) < 4.78 is 40.2. The van der Waals surface area contributed by atoms with Crippen LogP contribution in [0.4, 0.5) is 10.1 Å². The number of nitrogens with zero attached hydrogens (tertiary/aromatic N) is 2. The first-order chi connectivity index (χ1) is 17.8. The molecule has 200 valence electrons. The van der Waals surface area contributed by atoms with Crippen LogP contribution in [0.3, 0.4) is 0 Å². The Balaban J connectivity index is 1.24. The number of rotatable bonds is 9. The van der Waals surface area contributed by atoms with Gasteiger partial charge in [0.1, 0.15) is 11.3 Å². The average Bonchev–Trinajstić information content (AvgIpc) is 2.91. The summed E-state index contributed by atoms with van der Waals surface area (Å²) >= 11 is 1.22. The number of hydrogen-bond acceptors (Lipinski definition) is 7. The lowest BCUT2D eigenvalue weighted by Gasteiger charge is -2.36. The predicted molar refractivity (Wildman–Crippen MR) is 144 cm³/mol. The van der Waals surface area contributed by atoms with Crippen LogP contribution in [0.5, 0.6) is 0 Å². The molecule has 2 aliphatic rings. The van der Waals surface area contributed by atoms with Crippen LogP contribution in [0.2, 0.25) is 0 Å². The standard InChI is InChI=1S/C26H33FN4O4S2/c1-2-3-6-19-9-11-20(12-10-19)37(34,35)23-17-28-26(29-25(23)33)36-18-24(32)31-15-13-30(14-16-31)22-8-5-4-7-21(22)27/h4-5,7-12,23,26,28H,2-3,6,13-18H2,1H3,(H,29,33). The van der Waals surface area contributed by atoms with Crippen LogP contribution in [0.1, 0.15) is 25.3 Å². The molecule has 2 aromatic rings. The van der Waals surface area contributed by atoms with Crippen LogP contribution in [0, 0.1) is 5.82 Å². The number of thioether (sulfide) groups is 1. The molecule has 2 unspecified atom stereocenters. The maximum atomic E-state index is 14.0. The predicted octanol–water partition coefficient (Wildman–Crippen LogP) is 2.40. The minimum absolute atomic E-state index is 0.0288. The molecule has 2 amide bonds. The lowest BCUT2D eigenvalue weighted by Crippen LogP contribution is -2.59. The van der Waals surface area contributed by atoms with Gasteiger partial charge in [-0.3, -0.25) is 14.9 Å². The number of piperazine rings is 1. The third kappa shape index (κ3) is 6.63. The number of sulfone groups is 1. The van der Waals surface area contributed by atoms with E-state index >= 15 is 0 Å². The number of benzene rings is 2. The van der Waals surface area contributed by atoms with Gasteiger partial charge in [-0.1, -0.05) is 37.6 Å². The van der Waals surface area contributed by atoms with E-state index in [1.54, 1.807) is 47.4 Å². The van der Waals surface area contributed by atoms with Gasteiger partial charge in [0.2, 0.25) is 11.8 Å². The van der Waals surface area contributed by atoms with E-state index in [2.05, 4.69) is 17.6 Å². The largest absolute Gasteiger partial charge is 0.366 e. The number of carbonyl (C=O) groups excluding carboxylic acids is 2. The molecule has 37 heavy (non-hydrogen) atoms. The molecule has 8 nitrogen and oxygen atoms in total. The summed E-state index contributed by atoms with van der Waals surface area (Å²) in [4.78, 5) is 29.2. The number of aryl methyl sites for hydroxylation is 1. The van der Waals surface area contributed by atoms with Gasteiger partial charge in [-0.25, -0.2) is 12.8 Å². The lowest BCUT2D eigenvalue weighted by atomic mass is 10.1. The summed E-state index contributed by atoms with van der Waals surface area (Å²) in [5.74, 6) is -0.792. The van der Waals surface area contributed by atoms with Gasteiger partial charge in [-0.2, -0.15) is 0 Å². The highest BCUT2D eigenvalue weighted by Crippen LogP contribution is 2.23. The zero-order chi connectivity index (χ0) is 26.4. The van der Waals surface area contributed by atoms with Crippen LogP contribution < -0.4 is 15.5 Å². The van der Waals surface area contributed by atoms with Crippen molar-refractivity contribution in [3.63, 3.8) is 0 Å². The molecular formula is C26H33FN4O4S2. The van der Waals surface area contributed by atoms with Crippen molar-refractivity contribution >= 4 is 39.1 Å². The first kappa shape index (κ1) is 27.4. The molecule has 11 heteroatoms. The monoisotopic (exact) mass is 548 g/mol. The van der Waals surface area contributed by atoms with Crippen LogP contribution in [0.15, 0.2) is 53.4 Å². The molecule has 2 fully saturated rings. The van der Waals surface area contributed by atoms with Crippen molar-refractivity contribution in [2.75, 3.05) is 43.4 Å². The van der Waals surface area contributed by atoms with Crippen molar-refractivity contribution in [3.8, 4) is 0 Å². The van der Waals surface area contributed by atoms with Gasteiger partial charge < -0.3 is 15.1 Å². The topological polar surface area (TPSA) is 98.8 Å². The number of hydrogen-bond donors (Lipinski definition) is 2. The first-order valence-electron chi connectivity index (χ1n) is 12.5. The van der Waals surface area contributed by atoms with Gasteiger partial charge in [0.05, 0.1) is 16.3 Å². The van der Waals surface area contributed by atoms with E-state index in [-0.39, 0.29) is 28.9 Å². The van der Waals surface area contributed by atoms with Crippen molar-refractivity contribution in [2.45, 2.75) is 41.8 Å². The quantitative estimate of drug-likeness (QED) is 0.497. The molecule has 0 aliphatic carbocycles. The van der Waals surface area contributed by atoms with Crippen molar-refractivity contribution in [2.24, 2.45) is 0 Å². The van der Waals surface area contributed by atoms with Gasteiger partial charge in [-0.15, -0.1) is 11.8 Å². The molecule has 2 atom stereocenters. The molecule has 4 rings (SSSR count). The maximum Gasteiger partial charge on any atom is 0.241 e. The van der Waals surface area contributed by atoms with Crippen LogP contribution in [-0.2, 0) is 25.8 Å². The Labute approximate surface area is 221 Å². The van der Waals surface area contributed by atoms with Crippen LogP contribution >= 0.6 is 11.8 Å². The number of unbranched alkanes of at least 4 members (excludes halogenated alkanes) is 1. The van der Waals surface area contributed by atoms with Crippen molar-refractivity contribution < 1.29 is 22.4 Å². The highest BCUT2D eigenvalue weighted by molar-refractivity contribution is 8.00. The number of anilines is 1. The van der Waals surface area contributed by atoms with Gasteiger partial charge in [0.25, 0.3) is 0 Å². The zero-order valence-corrected chi connectivity index (χ0v) is 22.5. The van der Waals surface area contributed by atoms with E-state index < -0.39 is 26.5 Å². The number of halogens is 1. The smallest absolute Gasteiger partial charge is 0.241 e. The number of amides is 2. The molecule has 2 heterocycles. The maximum absolute atomic E-state index is 14.0. The Morgan fingerprint density at radius 3 is 2.43 bits per heavy atom. The molecule has 0 saturated carbocycles. The molecule has 2 saturated heterocycles. The number of para-hydroxylation sites is 1. The Hall–Kier alpha value is -2.63. The summed E-state index contributed by atoms with van der Waals surface area (Å²) in [7, 11) is -3.84. The molecule has 0 aromatic heterocycles. The fourth-order valence-electron chi connectivity index (χ4n) is 4.47. The minimum Gasteiger partial charge on any atom is -0.366 e. The summed E-state index contributed by atoms with van der Waals surface area (Å²) in [5, 5.41) is 4.50. The van der Waals surface area contributed by atoms with Crippen molar-refractivity contribution in [3.05, 3.63) is 59.9 Å². The van der Waals surface area contributed by atoms with Crippen LogP contribution in [0.25, 0.3) is 0 Å². The fourth-order valence-corrected chi connectivity index (χ4v) is 6.89. The highest BCUT2D eigenvalue weighted by atomic mass is 32.2. The van der Waals surface area contributed by atoms with Gasteiger partial charge in [-0.05, 0) is 42.7 Å². The van der Waals surface area contributed by atoms with E-state index in [0.29, 0.717) is 31.9 Å². The van der Waals surface area contributed by atoms with Gasteiger partial charge in [0.15, 0.2) is 15.1 Å². The molecule has 2 N–H and O–H groups in total. The first-order valence-corrected chi connectivity index (χ1v) is 15.1. The van der Waals surface area contributed by atoms with Crippen LogP contribution in [-0.4, -0.2) is 74.4 Å². The third-order valence-electron chi connectivity index (χ3n) is 6.70. The summed E-state index contributed by atoms with van der Waals surface area (Å²) in [6, 6.07) is 13.3. The van der Waals surface area contributed by atoms with E-state index in [1.165, 1.54) is 17.8 Å².